The van der Waals surface area contributed by atoms with E-state index in [2.05, 4.69) is 34.7 Å². The zero-order chi connectivity index (χ0) is 19.9. The number of nitrogens with zero attached hydrogens (tertiary/aromatic N) is 1. The average molecular weight is 512 g/mol. The van der Waals surface area contributed by atoms with E-state index in [0.29, 0.717) is 5.69 Å². The largest absolute Gasteiger partial charge is 0.274 e. The van der Waals surface area contributed by atoms with Crippen molar-refractivity contribution >= 4 is 51.7 Å². The predicted octanol–water partition coefficient (Wildman–Crippen LogP) is 5.04. The maximum atomic E-state index is 13.7. The topological polar surface area (TPSA) is 37.4 Å². The van der Waals surface area contributed by atoms with Crippen molar-refractivity contribution in [1.82, 2.24) is 0 Å². The van der Waals surface area contributed by atoms with Crippen molar-refractivity contribution in [2.24, 2.45) is 11.8 Å². The Kier molecular flexibility index (Phi) is 3.61. The third-order valence-corrected chi connectivity index (χ3v) is 7.89. The monoisotopic (exact) mass is 511 g/mol. The summed E-state index contributed by atoms with van der Waals surface area (Å²) in [6.07, 6.45) is 0. The van der Waals surface area contributed by atoms with Crippen molar-refractivity contribution < 1.29 is 9.59 Å². The second-order valence-corrected chi connectivity index (χ2v) is 9.70. The molecule has 7 rings (SSSR count). The van der Waals surface area contributed by atoms with Crippen molar-refractivity contribution in [2.45, 2.75) is 10.8 Å². The second-order valence-electron chi connectivity index (χ2n) is 7.86. The van der Waals surface area contributed by atoms with Crippen LogP contribution in [-0.4, -0.2) is 11.8 Å². The number of halogens is 2. The maximum Gasteiger partial charge on any atom is 0.240 e. The van der Waals surface area contributed by atoms with Gasteiger partial charge in [0, 0.05) is 9.49 Å². The summed E-state index contributed by atoms with van der Waals surface area (Å²) in [5.41, 5.74) is 4.66. The van der Waals surface area contributed by atoms with Gasteiger partial charge in [-0.15, -0.1) is 11.6 Å². The average Bonchev–Trinajstić information content (AvgIpc) is 3.00. The normalized spacial score (nSPS) is 28.9. The molecule has 1 fully saturated rings. The molecule has 0 radical (unpaired) electrons. The molecule has 4 aliphatic rings. The van der Waals surface area contributed by atoms with E-state index in [0.717, 1.165) is 25.8 Å². The first-order valence-corrected chi connectivity index (χ1v) is 11.0. The van der Waals surface area contributed by atoms with Gasteiger partial charge in [0.15, 0.2) is 0 Å². The Morgan fingerprint density at radius 2 is 1.45 bits per heavy atom. The van der Waals surface area contributed by atoms with Crippen LogP contribution in [0.3, 0.4) is 0 Å². The quantitative estimate of drug-likeness (QED) is 0.261. The Labute approximate surface area is 186 Å². The van der Waals surface area contributed by atoms with Gasteiger partial charge in [0.05, 0.1) is 17.5 Å². The van der Waals surface area contributed by atoms with E-state index < -0.39 is 16.7 Å². The van der Waals surface area contributed by atoms with E-state index in [1.165, 1.54) is 4.90 Å². The molecule has 0 aromatic heterocycles. The van der Waals surface area contributed by atoms with Crippen LogP contribution in [0.2, 0.25) is 0 Å². The van der Waals surface area contributed by atoms with Crippen LogP contribution in [0.5, 0.6) is 0 Å². The van der Waals surface area contributed by atoms with Crippen LogP contribution in [0.1, 0.15) is 28.2 Å². The number of carbonyl (C=O) groups is 2. The Morgan fingerprint density at radius 1 is 0.828 bits per heavy atom. The highest BCUT2D eigenvalue weighted by atomic mass is 127. The van der Waals surface area contributed by atoms with E-state index in [1.807, 2.05) is 60.7 Å². The molecular formula is C24H15ClINO2. The summed E-state index contributed by atoms with van der Waals surface area (Å²) in [5, 5.41) is 0. The van der Waals surface area contributed by atoms with Crippen LogP contribution in [0, 0.1) is 15.4 Å². The highest BCUT2D eigenvalue weighted by Gasteiger charge is 2.67. The van der Waals surface area contributed by atoms with Gasteiger partial charge in [0.1, 0.15) is 4.87 Å². The summed E-state index contributed by atoms with van der Waals surface area (Å²) in [5.74, 6) is -1.60. The van der Waals surface area contributed by atoms with Crippen molar-refractivity contribution in [1.29, 1.82) is 0 Å². The fraction of sp³-hybridized carbons (Fsp3) is 0.167. The molecule has 3 aliphatic carbocycles. The van der Waals surface area contributed by atoms with Crippen LogP contribution in [0.15, 0.2) is 72.8 Å². The molecule has 0 spiro atoms. The van der Waals surface area contributed by atoms with Crippen LogP contribution in [0.4, 0.5) is 5.69 Å². The molecule has 0 N–H and O–H groups in total. The van der Waals surface area contributed by atoms with E-state index in [4.69, 9.17) is 11.6 Å². The number of anilines is 1. The summed E-state index contributed by atoms with van der Waals surface area (Å²) in [6, 6.07) is 23.5. The lowest BCUT2D eigenvalue weighted by molar-refractivity contribution is -0.122. The fourth-order valence-electron chi connectivity index (χ4n) is 5.55. The zero-order valence-electron chi connectivity index (χ0n) is 15.2. The molecule has 2 atom stereocenters. The molecule has 0 unspecified atom stereocenters. The number of amides is 2. The van der Waals surface area contributed by atoms with Crippen molar-refractivity contribution in [3.63, 3.8) is 0 Å². The molecule has 2 amide bonds. The van der Waals surface area contributed by atoms with E-state index in [-0.39, 0.29) is 17.7 Å². The van der Waals surface area contributed by atoms with Gasteiger partial charge in [0.2, 0.25) is 11.8 Å². The molecular weight excluding hydrogens is 497 g/mol. The Bertz CT molecular complexity index is 1180. The first-order valence-electron chi connectivity index (χ1n) is 9.54. The summed E-state index contributed by atoms with van der Waals surface area (Å²) >= 11 is 9.60. The highest BCUT2D eigenvalue weighted by Crippen LogP contribution is 2.65. The second kappa shape index (κ2) is 5.92. The van der Waals surface area contributed by atoms with Crippen LogP contribution in [0.25, 0.3) is 0 Å². The summed E-state index contributed by atoms with van der Waals surface area (Å²) in [4.78, 5) is 27.7. The molecule has 1 aliphatic heterocycles. The Morgan fingerprint density at radius 3 is 2.07 bits per heavy atom. The molecule has 3 aromatic carbocycles. The van der Waals surface area contributed by atoms with E-state index in [1.54, 1.807) is 0 Å². The van der Waals surface area contributed by atoms with Gasteiger partial charge in [-0.2, -0.15) is 0 Å². The van der Waals surface area contributed by atoms with Gasteiger partial charge in [-0.3, -0.25) is 9.59 Å². The molecule has 2 bridgehead atoms. The first-order chi connectivity index (χ1) is 14.0. The highest BCUT2D eigenvalue weighted by molar-refractivity contribution is 14.1. The number of hydrogen-bond donors (Lipinski definition) is 0. The molecule has 142 valence electrons. The Balaban J connectivity index is 1.63. The third kappa shape index (κ3) is 2.09. The molecule has 0 saturated carbocycles. The van der Waals surface area contributed by atoms with Crippen LogP contribution in [-0.2, 0) is 14.5 Å². The number of benzene rings is 3. The molecule has 3 aromatic rings. The molecule has 29 heavy (non-hydrogen) atoms. The van der Waals surface area contributed by atoms with Crippen molar-refractivity contribution in [3.8, 4) is 0 Å². The summed E-state index contributed by atoms with van der Waals surface area (Å²) < 4.78 is 0.978. The number of imide groups is 1. The minimum Gasteiger partial charge on any atom is -0.274 e. The standard InChI is InChI=1S/C24H15ClINO2/c25-24-17-10-3-1-8-15(17)19(16-9-2-4-11-18(16)24)20-21(24)23(29)27(22(20)28)14-7-5-6-13(26)12-14/h1-12,19-21H/t19?,20-,21+,24?/m0/s1. The van der Waals surface area contributed by atoms with Crippen molar-refractivity contribution in [3.05, 3.63) is 98.6 Å². The zero-order valence-corrected chi connectivity index (χ0v) is 18.1. The third-order valence-electron chi connectivity index (χ3n) is 6.58. The molecule has 3 nitrogen and oxygen atoms in total. The first kappa shape index (κ1) is 17.7. The van der Waals surface area contributed by atoms with Gasteiger partial charge in [0.25, 0.3) is 0 Å². The van der Waals surface area contributed by atoms with Gasteiger partial charge in [-0.1, -0.05) is 54.6 Å². The van der Waals surface area contributed by atoms with Gasteiger partial charge < -0.3 is 0 Å². The number of hydrogen-bond acceptors (Lipinski definition) is 2. The number of carbonyl (C=O) groups excluding carboxylic acids is 2. The molecule has 1 saturated heterocycles. The smallest absolute Gasteiger partial charge is 0.240 e. The number of alkyl halides is 1. The van der Waals surface area contributed by atoms with Gasteiger partial charge in [-0.25, -0.2) is 4.90 Å². The van der Waals surface area contributed by atoms with Crippen LogP contribution < -0.4 is 4.90 Å². The number of rotatable bonds is 1. The summed E-state index contributed by atoms with van der Waals surface area (Å²) in [6.45, 7) is 0. The SMILES string of the molecule is O=C1[C@H]2C3c4ccccc4C(Cl)(c4ccccc43)[C@H]2C(=O)N1c1cccc(I)c1. The maximum absolute atomic E-state index is 13.7. The Hall–Kier alpha value is -2.18. The van der Waals surface area contributed by atoms with Crippen LogP contribution >= 0.6 is 34.2 Å². The lowest BCUT2D eigenvalue weighted by Gasteiger charge is -2.50. The fourth-order valence-corrected chi connectivity index (χ4v) is 6.65. The van der Waals surface area contributed by atoms with Crippen molar-refractivity contribution in [2.75, 3.05) is 4.90 Å². The van der Waals surface area contributed by atoms with Gasteiger partial charge in [-0.05, 0) is 63.0 Å². The minimum atomic E-state index is -1.03. The molecule has 5 heteroatoms. The van der Waals surface area contributed by atoms with Gasteiger partial charge >= 0.3 is 0 Å². The minimum absolute atomic E-state index is 0.152. The lowest BCUT2D eigenvalue weighted by atomic mass is 9.54. The van der Waals surface area contributed by atoms with E-state index >= 15 is 0 Å². The lowest BCUT2D eigenvalue weighted by Crippen LogP contribution is -2.50. The molecule has 1 heterocycles. The summed E-state index contributed by atoms with van der Waals surface area (Å²) in [7, 11) is 0. The predicted molar refractivity (Wildman–Crippen MR) is 120 cm³/mol. The van der Waals surface area contributed by atoms with E-state index in [9.17, 15) is 9.59 Å².